The number of aromatic amines is 1. The van der Waals surface area contributed by atoms with E-state index in [4.69, 9.17) is 4.74 Å². The van der Waals surface area contributed by atoms with Crippen molar-refractivity contribution in [3.05, 3.63) is 70.9 Å². The minimum absolute atomic E-state index is 0.136. The van der Waals surface area contributed by atoms with Crippen molar-refractivity contribution in [1.29, 1.82) is 0 Å². The number of hydrogen-bond acceptors (Lipinski definition) is 3. The van der Waals surface area contributed by atoms with Crippen LogP contribution in [0.2, 0.25) is 0 Å². The van der Waals surface area contributed by atoms with Gasteiger partial charge in [-0.2, -0.15) is 0 Å². The summed E-state index contributed by atoms with van der Waals surface area (Å²) in [5.74, 6) is -0.434. The minimum Gasteiger partial charge on any atom is -0.465 e. The highest BCUT2D eigenvalue weighted by molar-refractivity contribution is 5.87. The van der Waals surface area contributed by atoms with Crippen molar-refractivity contribution < 1.29 is 14.3 Å². The number of ether oxygens (including phenoxy) is 1. The molecule has 0 aliphatic carbocycles. The molecule has 29 heavy (non-hydrogen) atoms. The van der Waals surface area contributed by atoms with Crippen molar-refractivity contribution in [3.63, 3.8) is 0 Å². The van der Waals surface area contributed by atoms with Gasteiger partial charge < -0.3 is 19.9 Å². The maximum Gasteiger partial charge on any atom is 0.325 e. The first-order valence-corrected chi connectivity index (χ1v) is 9.94. The van der Waals surface area contributed by atoms with Gasteiger partial charge in [0.05, 0.1) is 12.6 Å². The van der Waals surface area contributed by atoms with Crippen LogP contribution >= 0.6 is 0 Å². The summed E-state index contributed by atoms with van der Waals surface area (Å²) < 4.78 is 4.92. The number of rotatable bonds is 4. The average Bonchev–Trinajstić information content (AvgIpc) is 3.11. The van der Waals surface area contributed by atoms with Gasteiger partial charge in [-0.15, -0.1) is 0 Å². The molecule has 1 aromatic heterocycles. The molecule has 0 spiro atoms. The number of nitrogens with one attached hydrogen (secondary N) is 2. The van der Waals surface area contributed by atoms with Crippen LogP contribution in [0.5, 0.6) is 0 Å². The third kappa shape index (κ3) is 3.70. The van der Waals surface area contributed by atoms with Crippen molar-refractivity contribution in [1.82, 2.24) is 15.2 Å². The topological polar surface area (TPSA) is 74.4 Å². The van der Waals surface area contributed by atoms with E-state index in [2.05, 4.69) is 46.7 Å². The lowest BCUT2D eigenvalue weighted by atomic mass is 9.92. The maximum atomic E-state index is 13.0. The van der Waals surface area contributed by atoms with Crippen molar-refractivity contribution in [3.8, 4) is 0 Å². The van der Waals surface area contributed by atoms with E-state index in [1.807, 2.05) is 19.1 Å². The highest BCUT2D eigenvalue weighted by atomic mass is 16.5. The fourth-order valence-electron chi connectivity index (χ4n) is 4.02. The fourth-order valence-corrected chi connectivity index (χ4v) is 4.02. The first kappa shape index (κ1) is 19.1. The number of carbonyl (C=O) groups is 2. The van der Waals surface area contributed by atoms with Gasteiger partial charge in [-0.05, 0) is 37.5 Å². The van der Waals surface area contributed by atoms with Crippen LogP contribution < -0.4 is 5.32 Å². The average molecular weight is 391 g/mol. The molecule has 2 N–H and O–H groups in total. The summed E-state index contributed by atoms with van der Waals surface area (Å²) in [6.45, 7) is 4.52. The predicted molar refractivity (Wildman–Crippen MR) is 112 cm³/mol. The SMILES string of the molecule is CCOC(=O)CNC(=O)N1CCc2c([nH]c3ccccc23)[C@H]1c1ccc(C)cc1. The number of hydrogen-bond donors (Lipinski definition) is 2. The molecule has 2 aromatic carbocycles. The van der Waals surface area contributed by atoms with E-state index in [1.54, 1.807) is 11.8 Å². The number of carbonyl (C=O) groups excluding carboxylic acids is 2. The summed E-state index contributed by atoms with van der Waals surface area (Å²) in [6, 6.07) is 15.9. The Morgan fingerprint density at radius 1 is 1.17 bits per heavy atom. The van der Waals surface area contributed by atoms with Crippen molar-refractivity contribution in [2.45, 2.75) is 26.3 Å². The molecule has 0 fully saturated rings. The van der Waals surface area contributed by atoms with Gasteiger partial charge >= 0.3 is 12.0 Å². The standard InChI is InChI=1S/C23H25N3O3/c1-3-29-20(27)14-24-23(28)26-13-12-18-17-6-4-5-7-19(17)25-21(18)22(26)16-10-8-15(2)9-11-16/h4-11,22,25H,3,12-14H2,1-2H3,(H,24,28)/t22-/m1/s1. The Morgan fingerprint density at radius 2 is 1.93 bits per heavy atom. The highest BCUT2D eigenvalue weighted by Gasteiger charge is 2.34. The first-order valence-electron chi connectivity index (χ1n) is 9.94. The molecule has 0 saturated heterocycles. The van der Waals surface area contributed by atoms with Crippen LogP contribution in [0.3, 0.4) is 0 Å². The molecule has 1 atom stereocenters. The molecule has 150 valence electrons. The Balaban J connectivity index is 1.70. The number of aryl methyl sites for hydroxylation is 1. The quantitative estimate of drug-likeness (QED) is 0.666. The normalized spacial score (nSPS) is 15.8. The Hall–Kier alpha value is -3.28. The summed E-state index contributed by atoms with van der Waals surface area (Å²) in [7, 11) is 0. The number of para-hydroxylation sites is 1. The van der Waals surface area contributed by atoms with E-state index in [-0.39, 0.29) is 18.6 Å². The molecule has 0 unspecified atom stereocenters. The Kier molecular flexibility index (Phi) is 5.25. The summed E-state index contributed by atoms with van der Waals surface area (Å²) in [6.07, 6.45) is 0.758. The zero-order chi connectivity index (χ0) is 20.4. The van der Waals surface area contributed by atoms with Crippen molar-refractivity contribution >= 4 is 22.9 Å². The zero-order valence-corrected chi connectivity index (χ0v) is 16.7. The molecule has 1 aliphatic rings. The summed E-state index contributed by atoms with van der Waals surface area (Å²) >= 11 is 0. The van der Waals surface area contributed by atoms with Crippen LogP contribution in [0.4, 0.5) is 4.79 Å². The first-order chi connectivity index (χ1) is 14.1. The van der Waals surface area contributed by atoms with Gasteiger partial charge in [-0.1, -0.05) is 48.0 Å². The predicted octanol–water partition coefficient (Wildman–Crippen LogP) is 3.70. The van der Waals surface area contributed by atoms with Crippen molar-refractivity contribution in [2.24, 2.45) is 0 Å². The van der Waals surface area contributed by atoms with Crippen LogP contribution in [0.15, 0.2) is 48.5 Å². The summed E-state index contributed by atoms with van der Waals surface area (Å²) in [4.78, 5) is 30.0. The molecule has 0 saturated carbocycles. The van der Waals surface area contributed by atoms with Crippen LogP contribution in [-0.4, -0.2) is 41.6 Å². The summed E-state index contributed by atoms with van der Waals surface area (Å²) in [5.41, 5.74) is 5.56. The Labute approximate surface area is 169 Å². The molecule has 2 heterocycles. The smallest absolute Gasteiger partial charge is 0.325 e. The molecule has 4 rings (SSSR count). The van der Waals surface area contributed by atoms with Gasteiger partial charge in [-0.3, -0.25) is 4.79 Å². The van der Waals surface area contributed by atoms with Crippen LogP contribution in [0.1, 0.15) is 35.3 Å². The number of H-pyrrole nitrogens is 1. The molecular weight excluding hydrogens is 366 g/mol. The number of fused-ring (bicyclic) bond motifs is 3. The lowest BCUT2D eigenvalue weighted by Crippen LogP contribution is -2.47. The van der Waals surface area contributed by atoms with Gasteiger partial charge in [0.2, 0.25) is 0 Å². The number of benzene rings is 2. The third-order valence-electron chi connectivity index (χ3n) is 5.38. The van der Waals surface area contributed by atoms with Gasteiger partial charge in [0.1, 0.15) is 6.54 Å². The Bertz CT molecular complexity index is 1040. The van der Waals surface area contributed by atoms with E-state index in [9.17, 15) is 9.59 Å². The van der Waals surface area contributed by atoms with E-state index in [0.29, 0.717) is 13.2 Å². The second kappa shape index (κ2) is 7.99. The molecule has 6 nitrogen and oxygen atoms in total. The van der Waals surface area contributed by atoms with Crippen molar-refractivity contribution in [2.75, 3.05) is 19.7 Å². The lowest BCUT2D eigenvalue weighted by Gasteiger charge is -2.36. The number of amides is 2. The van der Waals surface area contributed by atoms with Gasteiger partial charge in [0, 0.05) is 23.1 Å². The highest BCUT2D eigenvalue weighted by Crippen LogP contribution is 2.38. The number of nitrogens with zero attached hydrogens (tertiary/aromatic N) is 1. The number of aromatic nitrogens is 1. The second-order valence-electron chi connectivity index (χ2n) is 7.28. The molecule has 1 aliphatic heterocycles. The maximum absolute atomic E-state index is 13.0. The molecular formula is C23H25N3O3. The second-order valence-corrected chi connectivity index (χ2v) is 7.28. The molecule has 0 bridgehead atoms. The largest absolute Gasteiger partial charge is 0.465 e. The molecule has 6 heteroatoms. The van der Waals surface area contributed by atoms with E-state index in [1.165, 1.54) is 16.5 Å². The minimum atomic E-state index is -0.434. The van der Waals surface area contributed by atoms with E-state index >= 15 is 0 Å². The molecule has 2 amide bonds. The van der Waals surface area contributed by atoms with Gasteiger partial charge in [0.15, 0.2) is 0 Å². The number of urea groups is 1. The zero-order valence-electron chi connectivity index (χ0n) is 16.7. The molecule has 3 aromatic rings. The third-order valence-corrected chi connectivity index (χ3v) is 5.38. The Morgan fingerprint density at radius 3 is 2.69 bits per heavy atom. The van der Waals surface area contributed by atoms with Gasteiger partial charge in [0.25, 0.3) is 0 Å². The van der Waals surface area contributed by atoms with Gasteiger partial charge in [-0.25, -0.2) is 4.79 Å². The lowest BCUT2D eigenvalue weighted by molar-refractivity contribution is -0.141. The van der Waals surface area contributed by atoms with Crippen LogP contribution in [0.25, 0.3) is 10.9 Å². The monoisotopic (exact) mass is 391 g/mol. The summed E-state index contributed by atoms with van der Waals surface area (Å²) in [5, 5.41) is 3.91. The fraction of sp³-hybridized carbons (Fsp3) is 0.304. The number of esters is 1. The van der Waals surface area contributed by atoms with E-state index < -0.39 is 5.97 Å². The molecule has 0 radical (unpaired) electrons. The van der Waals surface area contributed by atoms with Crippen LogP contribution in [-0.2, 0) is 16.0 Å². The van der Waals surface area contributed by atoms with E-state index in [0.717, 1.165) is 23.2 Å². The van der Waals surface area contributed by atoms with Crippen LogP contribution in [0, 0.1) is 6.92 Å².